The van der Waals surface area contributed by atoms with E-state index in [-0.39, 0.29) is 0 Å². The van der Waals surface area contributed by atoms with E-state index in [9.17, 15) is 0 Å². The topological polar surface area (TPSA) is 19.7 Å². The van der Waals surface area contributed by atoms with Gasteiger partial charge in [-0.25, -0.2) is 0 Å². The maximum absolute atomic E-state index is 2.43. The molecule has 484 valence electrons. The van der Waals surface area contributed by atoms with Gasteiger partial charge >= 0.3 is 0 Å². The molecular weight excluding hydrogens is 1260 g/mol. The second-order valence-corrected chi connectivity index (χ2v) is 27.5. The molecule has 0 aliphatic carbocycles. The Bertz CT molecular complexity index is 7220. The molecule has 0 atom stereocenters. The number of nitrogens with zero attached hydrogens (tertiary/aromatic N) is 4. The van der Waals surface area contributed by atoms with Crippen LogP contribution in [0.15, 0.2) is 388 Å². The number of hydrogen-bond acceptors (Lipinski definition) is 0. The Balaban J connectivity index is 0.000000134. The lowest BCUT2D eigenvalue weighted by atomic mass is 9.93. The minimum absolute atomic E-state index is 1.16. The van der Waals surface area contributed by atoms with Gasteiger partial charge in [-0.1, -0.05) is 267 Å². The third kappa shape index (κ3) is 9.54. The Morgan fingerprint density at radius 2 is 0.433 bits per heavy atom. The highest BCUT2D eigenvalue weighted by atomic mass is 15.0. The predicted octanol–water partition coefficient (Wildman–Crippen LogP) is 27.0. The fourth-order valence-corrected chi connectivity index (χ4v) is 17.0. The van der Waals surface area contributed by atoms with Crippen molar-refractivity contribution < 1.29 is 0 Å². The number of fused-ring (bicyclic) bond motifs is 18. The fourth-order valence-electron chi connectivity index (χ4n) is 17.0. The smallest absolute Gasteiger partial charge is 0.0547 e. The zero-order valence-electron chi connectivity index (χ0n) is 56.7. The summed E-state index contributed by atoms with van der Waals surface area (Å²) < 4.78 is 9.63. The van der Waals surface area contributed by atoms with E-state index in [0.29, 0.717) is 0 Å². The van der Waals surface area contributed by atoms with Crippen LogP contribution in [0.2, 0.25) is 0 Å². The minimum Gasteiger partial charge on any atom is -0.309 e. The van der Waals surface area contributed by atoms with E-state index in [2.05, 4.69) is 407 Å². The molecule has 4 nitrogen and oxygen atoms in total. The van der Waals surface area contributed by atoms with Crippen LogP contribution in [-0.2, 0) is 0 Å². The molecule has 0 aliphatic heterocycles. The molecule has 4 heterocycles. The van der Waals surface area contributed by atoms with Crippen molar-refractivity contribution in [1.82, 2.24) is 18.3 Å². The molecule has 22 rings (SSSR count). The zero-order valence-corrected chi connectivity index (χ0v) is 56.7. The minimum atomic E-state index is 1.16. The van der Waals surface area contributed by atoms with Crippen LogP contribution in [0.3, 0.4) is 0 Å². The van der Waals surface area contributed by atoms with Gasteiger partial charge in [-0.3, -0.25) is 0 Å². The monoisotopic (exact) mass is 1320 g/mol. The van der Waals surface area contributed by atoms with Gasteiger partial charge in [-0.2, -0.15) is 0 Å². The van der Waals surface area contributed by atoms with E-state index in [4.69, 9.17) is 0 Å². The Hall–Kier alpha value is -13.8. The highest BCUT2D eigenvalue weighted by Crippen LogP contribution is 2.44. The van der Waals surface area contributed by atoms with Crippen LogP contribution in [0, 0.1) is 0 Å². The first-order valence-electron chi connectivity index (χ1n) is 35.9. The van der Waals surface area contributed by atoms with Gasteiger partial charge in [-0.05, 0) is 209 Å². The largest absolute Gasteiger partial charge is 0.309 e. The van der Waals surface area contributed by atoms with Crippen LogP contribution in [0.25, 0.3) is 198 Å². The van der Waals surface area contributed by atoms with Gasteiger partial charge in [0.15, 0.2) is 0 Å². The highest BCUT2D eigenvalue weighted by Gasteiger charge is 2.21. The zero-order chi connectivity index (χ0) is 68.3. The van der Waals surface area contributed by atoms with E-state index < -0.39 is 0 Å². The molecule has 0 bridgehead atoms. The number of rotatable bonds is 8. The van der Waals surface area contributed by atoms with Crippen molar-refractivity contribution in [1.29, 1.82) is 0 Å². The number of hydrogen-bond donors (Lipinski definition) is 0. The summed E-state index contributed by atoms with van der Waals surface area (Å²) in [4.78, 5) is 0. The van der Waals surface area contributed by atoms with Gasteiger partial charge in [0.05, 0.1) is 44.1 Å². The molecule has 0 fully saturated rings. The summed E-state index contributed by atoms with van der Waals surface area (Å²) in [5, 5.41) is 20.3. The highest BCUT2D eigenvalue weighted by molar-refractivity contribution is 6.17. The average Bonchev–Trinajstić information content (AvgIpc) is 1.49. The third-order valence-corrected chi connectivity index (χ3v) is 21.8. The first-order valence-corrected chi connectivity index (χ1v) is 35.9. The number of benzene rings is 18. The van der Waals surface area contributed by atoms with Crippen LogP contribution in [0.5, 0.6) is 0 Å². The van der Waals surface area contributed by atoms with Crippen molar-refractivity contribution in [3.8, 4) is 67.3 Å². The molecule has 18 aromatic carbocycles. The molecule has 22 aromatic rings. The molecule has 0 amide bonds. The Kier molecular flexibility index (Phi) is 13.6. The molecule has 4 heteroatoms. The van der Waals surface area contributed by atoms with Crippen LogP contribution in [0.1, 0.15) is 0 Å². The van der Waals surface area contributed by atoms with Crippen LogP contribution < -0.4 is 0 Å². The normalized spacial score (nSPS) is 11.8. The van der Waals surface area contributed by atoms with Crippen molar-refractivity contribution in [2.24, 2.45) is 0 Å². The molecule has 4 aromatic heterocycles. The van der Waals surface area contributed by atoms with Crippen molar-refractivity contribution in [3.05, 3.63) is 388 Å². The van der Waals surface area contributed by atoms with E-state index in [1.54, 1.807) is 0 Å². The van der Waals surface area contributed by atoms with Crippen LogP contribution >= 0.6 is 0 Å². The number of para-hydroxylation sites is 6. The summed E-state index contributed by atoms with van der Waals surface area (Å²) in [7, 11) is 0. The quantitative estimate of drug-likeness (QED) is 0.135. The summed E-state index contributed by atoms with van der Waals surface area (Å²) in [5.41, 5.74) is 24.0. The standard InChI is InChI=1S/2C50H32N2/c1-2-13-39(14-3-1)51-47-19-8-6-17-43(47)45-27-24-37(32-50(45)51)36-25-28-49-46(31-36)44-18-7-9-20-48(44)52(49)40-15-10-12-34(30-40)35-23-26-42-38(29-35)22-21-33-11-4-5-16-41(33)42;1-2-15-37(16-3-1)51-47-23-10-8-21-42(47)44-27-25-34(32-50(44)51)33-26-28-49-46(30-33)43-22-9-11-24-48(43)52(49)38-17-12-14-35(29-38)45-31-36-13-4-5-18-39(36)40-19-6-7-20-41(40)45/h2*1-32H. The van der Waals surface area contributed by atoms with Gasteiger partial charge in [-0.15, -0.1) is 0 Å². The lowest BCUT2D eigenvalue weighted by molar-refractivity contribution is 1.18. The fraction of sp³-hybridized carbons (Fsp3) is 0. The first kappa shape index (κ1) is 59.1. The molecule has 0 aliphatic rings. The molecular formula is C100H64N4. The second-order valence-electron chi connectivity index (χ2n) is 27.5. The predicted molar refractivity (Wildman–Crippen MR) is 442 cm³/mol. The molecule has 0 N–H and O–H groups in total. The average molecular weight is 1320 g/mol. The van der Waals surface area contributed by atoms with E-state index >= 15 is 0 Å². The van der Waals surface area contributed by atoms with Crippen molar-refractivity contribution in [2.75, 3.05) is 0 Å². The van der Waals surface area contributed by atoms with Gasteiger partial charge in [0, 0.05) is 65.8 Å². The van der Waals surface area contributed by atoms with Crippen molar-refractivity contribution in [2.45, 2.75) is 0 Å². The first-order chi connectivity index (χ1) is 51.6. The SMILES string of the molecule is c1ccc(-n2c3ccccc3c3ccc(-c4ccc5c(c4)c4ccccc4n5-c4cccc(-c5cc6ccccc6c6ccccc56)c4)cc32)cc1.c1ccc(-n2c3ccccc3c3ccc(-c4ccc5c(c4)c4ccccc4n5-c4cccc(-c5ccc6c(ccc7ccccc76)c5)c4)cc32)cc1. The second kappa shape index (κ2) is 24.0. The molecule has 104 heavy (non-hydrogen) atoms. The van der Waals surface area contributed by atoms with Crippen molar-refractivity contribution in [3.63, 3.8) is 0 Å². The molecule has 0 radical (unpaired) electrons. The van der Waals surface area contributed by atoms with E-state index in [1.165, 1.54) is 186 Å². The molecule has 0 unspecified atom stereocenters. The molecule has 0 saturated carbocycles. The molecule has 0 saturated heterocycles. The lowest BCUT2D eigenvalue weighted by Gasteiger charge is -2.14. The maximum atomic E-state index is 2.43. The van der Waals surface area contributed by atoms with Crippen molar-refractivity contribution >= 4 is 130 Å². The summed E-state index contributed by atoms with van der Waals surface area (Å²) in [6.45, 7) is 0. The summed E-state index contributed by atoms with van der Waals surface area (Å²) in [5.74, 6) is 0. The summed E-state index contributed by atoms with van der Waals surface area (Å²) >= 11 is 0. The lowest BCUT2D eigenvalue weighted by Crippen LogP contribution is -1.95. The number of aromatic nitrogens is 4. The maximum Gasteiger partial charge on any atom is 0.0547 e. The third-order valence-electron chi connectivity index (χ3n) is 21.8. The van der Waals surface area contributed by atoms with Crippen LogP contribution in [-0.4, -0.2) is 18.3 Å². The Morgan fingerprint density at radius 1 is 0.125 bits per heavy atom. The van der Waals surface area contributed by atoms with Gasteiger partial charge in [0.25, 0.3) is 0 Å². The van der Waals surface area contributed by atoms with Gasteiger partial charge in [0.2, 0.25) is 0 Å². The van der Waals surface area contributed by atoms with Crippen LogP contribution in [0.4, 0.5) is 0 Å². The Labute approximate surface area is 600 Å². The van der Waals surface area contributed by atoms with E-state index in [1.807, 2.05) is 0 Å². The summed E-state index contributed by atoms with van der Waals surface area (Å²) in [6.07, 6.45) is 0. The van der Waals surface area contributed by atoms with E-state index in [0.717, 1.165) is 11.4 Å². The van der Waals surface area contributed by atoms with Gasteiger partial charge < -0.3 is 18.3 Å². The molecule has 0 spiro atoms. The Morgan fingerprint density at radius 3 is 0.962 bits per heavy atom. The summed E-state index contributed by atoms with van der Waals surface area (Å²) in [6, 6.07) is 142. The van der Waals surface area contributed by atoms with Gasteiger partial charge in [0.1, 0.15) is 0 Å².